The molecule has 0 radical (unpaired) electrons. The Bertz CT molecular complexity index is 545. The third-order valence-corrected chi connectivity index (χ3v) is 2.63. The van der Waals surface area contributed by atoms with Crippen molar-refractivity contribution in [2.24, 2.45) is 0 Å². The Morgan fingerprint density at radius 1 is 1.11 bits per heavy atom. The first kappa shape index (κ1) is 13.5. The number of aromatic nitrogens is 3. The highest BCUT2D eigenvalue weighted by atomic mass is 35.5. The molecule has 6 heteroatoms. The molecule has 0 saturated heterocycles. The summed E-state index contributed by atoms with van der Waals surface area (Å²) in [5, 5.41) is 3.07. The number of rotatable bonds is 5. The van der Waals surface area contributed by atoms with E-state index in [0.717, 1.165) is 6.42 Å². The zero-order valence-electron chi connectivity index (χ0n) is 10.9. The first-order chi connectivity index (χ1) is 9.21. The van der Waals surface area contributed by atoms with E-state index in [1.165, 1.54) is 5.56 Å². The normalized spacial score (nSPS) is 10.3. The molecule has 100 valence electrons. The summed E-state index contributed by atoms with van der Waals surface area (Å²) in [6.45, 7) is 4.75. The van der Waals surface area contributed by atoms with Crippen LogP contribution in [-0.2, 0) is 6.42 Å². The number of nitrogens with one attached hydrogen (secondary N) is 1. The van der Waals surface area contributed by atoms with E-state index < -0.39 is 0 Å². The van der Waals surface area contributed by atoms with Crippen LogP contribution >= 0.6 is 11.6 Å². The van der Waals surface area contributed by atoms with Crippen molar-refractivity contribution in [1.82, 2.24) is 15.0 Å². The molecule has 1 heterocycles. The number of hydrogen-bond acceptors (Lipinski definition) is 5. The molecule has 2 rings (SSSR count). The molecule has 0 saturated carbocycles. The SMILES string of the molecule is CCNc1nc(Cl)nc(Oc2ccc(CC)cc2)n1. The van der Waals surface area contributed by atoms with Crippen molar-refractivity contribution in [3.8, 4) is 11.8 Å². The maximum absolute atomic E-state index is 5.82. The number of ether oxygens (including phenoxy) is 1. The minimum Gasteiger partial charge on any atom is -0.424 e. The van der Waals surface area contributed by atoms with E-state index in [2.05, 4.69) is 27.2 Å². The fraction of sp³-hybridized carbons (Fsp3) is 0.308. The van der Waals surface area contributed by atoms with E-state index in [1.807, 2.05) is 31.2 Å². The van der Waals surface area contributed by atoms with Crippen LogP contribution in [-0.4, -0.2) is 21.5 Å². The van der Waals surface area contributed by atoms with Crippen LogP contribution in [0.15, 0.2) is 24.3 Å². The van der Waals surface area contributed by atoms with Crippen LogP contribution in [0.3, 0.4) is 0 Å². The molecule has 0 aliphatic rings. The van der Waals surface area contributed by atoms with Gasteiger partial charge in [0.25, 0.3) is 0 Å². The molecule has 1 aromatic heterocycles. The van der Waals surface area contributed by atoms with E-state index in [9.17, 15) is 0 Å². The van der Waals surface area contributed by atoms with E-state index in [1.54, 1.807) is 0 Å². The summed E-state index contributed by atoms with van der Waals surface area (Å²) in [7, 11) is 0. The summed E-state index contributed by atoms with van der Waals surface area (Å²) in [4.78, 5) is 12.0. The highest BCUT2D eigenvalue weighted by Gasteiger charge is 2.06. The molecule has 0 spiro atoms. The Morgan fingerprint density at radius 3 is 2.47 bits per heavy atom. The van der Waals surface area contributed by atoms with Crippen molar-refractivity contribution in [3.63, 3.8) is 0 Å². The van der Waals surface area contributed by atoms with Crippen LogP contribution in [0.5, 0.6) is 11.8 Å². The first-order valence-electron chi connectivity index (χ1n) is 6.13. The maximum atomic E-state index is 5.82. The van der Waals surface area contributed by atoms with Gasteiger partial charge in [0.15, 0.2) is 0 Å². The van der Waals surface area contributed by atoms with Crippen molar-refractivity contribution in [3.05, 3.63) is 35.1 Å². The van der Waals surface area contributed by atoms with Crippen LogP contribution in [0.2, 0.25) is 5.28 Å². The molecule has 0 bridgehead atoms. The third-order valence-electron chi connectivity index (χ3n) is 2.46. The van der Waals surface area contributed by atoms with Gasteiger partial charge in [-0.1, -0.05) is 19.1 Å². The van der Waals surface area contributed by atoms with Crippen molar-refractivity contribution in [2.75, 3.05) is 11.9 Å². The molecule has 0 aliphatic heterocycles. The Labute approximate surface area is 117 Å². The van der Waals surface area contributed by atoms with E-state index in [0.29, 0.717) is 18.2 Å². The lowest BCUT2D eigenvalue weighted by molar-refractivity contribution is 0.440. The third kappa shape index (κ3) is 3.79. The van der Waals surface area contributed by atoms with Gasteiger partial charge in [0.05, 0.1) is 0 Å². The van der Waals surface area contributed by atoms with Gasteiger partial charge in [-0.2, -0.15) is 15.0 Å². The zero-order valence-corrected chi connectivity index (χ0v) is 11.6. The Morgan fingerprint density at radius 2 is 1.84 bits per heavy atom. The van der Waals surface area contributed by atoms with Crippen LogP contribution in [0.4, 0.5) is 5.95 Å². The van der Waals surface area contributed by atoms with Gasteiger partial charge in [-0.05, 0) is 42.6 Å². The van der Waals surface area contributed by atoms with Gasteiger partial charge < -0.3 is 10.1 Å². The van der Waals surface area contributed by atoms with Gasteiger partial charge in [-0.3, -0.25) is 0 Å². The van der Waals surface area contributed by atoms with Crippen LogP contribution < -0.4 is 10.1 Å². The topological polar surface area (TPSA) is 59.9 Å². The molecule has 0 atom stereocenters. The highest BCUT2D eigenvalue weighted by Crippen LogP contribution is 2.20. The van der Waals surface area contributed by atoms with Crippen molar-refractivity contribution in [2.45, 2.75) is 20.3 Å². The minimum absolute atomic E-state index is 0.103. The van der Waals surface area contributed by atoms with Crippen LogP contribution in [0.1, 0.15) is 19.4 Å². The van der Waals surface area contributed by atoms with Crippen LogP contribution in [0, 0.1) is 0 Å². The molecule has 1 aromatic carbocycles. The summed E-state index contributed by atoms with van der Waals surface area (Å²) in [6.07, 6.45) is 0.989. The van der Waals surface area contributed by atoms with Gasteiger partial charge >= 0.3 is 6.01 Å². The lowest BCUT2D eigenvalue weighted by Crippen LogP contribution is -2.04. The van der Waals surface area contributed by atoms with Crippen LogP contribution in [0.25, 0.3) is 0 Å². The largest absolute Gasteiger partial charge is 0.424 e. The lowest BCUT2D eigenvalue weighted by atomic mass is 10.2. The van der Waals surface area contributed by atoms with Gasteiger partial charge in [-0.25, -0.2) is 0 Å². The van der Waals surface area contributed by atoms with E-state index in [4.69, 9.17) is 16.3 Å². The van der Waals surface area contributed by atoms with E-state index in [-0.39, 0.29) is 11.3 Å². The quantitative estimate of drug-likeness (QED) is 0.909. The lowest BCUT2D eigenvalue weighted by Gasteiger charge is -2.06. The summed E-state index contributed by atoms with van der Waals surface area (Å²) >= 11 is 5.82. The molecule has 0 fully saturated rings. The van der Waals surface area contributed by atoms with Crippen molar-refractivity contribution >= 4 is 17.5 Å². The second-order valence-corrected chi connectivity index (χ2v) is 4.18. The summed E-state index contributed by atoms with van der Waals surface area (Å²) in [5.74, 6) is 1.07. The highest BCUT2D eigenvalue weighted by molar-refractivity contribution is 6.28. The van der Waals surface area contributed by atoms with Gasteiger partial charge in [-0.15, -0.1) is 0 Å². The Balaban J connectivity index is 2.17. The smallest absolute Gasteiger partial charge is 0.328 e. The molecular formula is C13H15ClN4O. The minimum atomic E-state index is 0.103. The second kappa shape index (κ2) is 6.33. The Kier molecular flexibility index (Phi) is 4.52. The standard InChI is InChI=1S/C13H15ClN4O/c1-3-9-5-7-10(8-6-9)19-13-17-11(14)16-12(18-13)15-4-2/h5-8H,3-4H2,1-2H3,(H,15,16,17,18). The van der Waals surface area contributed by atoms with Gasteiger partial charge in [0.1, 0.15) is 5.75 Å². The fourth-order valence-corrected chi connectivity index (χ4v) is 1.67. The molecule has 19 heavy (non-hydrogen) atoms. The number of anilines is 1. The number of halogens is 1. The fourth-order valence-electron chi connectivity index (χ4n) is 1.51. The van der Waals surface area contributed by atoms with Gasteiger partial charge in [0.2, 0.25) is 11.2 Å². The molecule has 2 aromatic rings. The van der Waals surface area contributed by atoms with Crippen molar-refractivity contribution < 1.29 is 4.74 Å². The molecule has 1 N–H and O–H groups in total. The summed E-state index contributed by atoms with van der Waals surface area (Å²) < 4.78 is 5.56. The summed E-state index contributed by atoms with van der Waals surface area (Å²) in [5.41, 5.74) is 1.24. The zero-order chi connectivity index (χ0) is 13.7. The average Bonchev–Trinajstić information content (AvgIpc) is 2.39. The monoisotopic (exact) mass is 278 g/mol. The second-order valence-electron chi connectivity index (χ2n) is 3.84. The number of hydrogen-bond donors (Lipinski definition) is 1. The summed E-state index contributed by atoms with van der Waals surface area (Å²) in [6, 6.07) is 7.94. The van der Waals surface area contributed by atoms with Crippen molar-refractivity contribution in [1.29, 1.82) is 0 Å². The van der Waals surface area contributed by atoms with Gasteiger partial charge in [0, 0.05) is 6.54 Å². The molecule has 0 unspecified atom stereocenters. The predicted octanol–water partition coefficient (Wildman–Crippen LogP) is 3.31. The Hall–Kier alpha value is -1.88. The average molecular weight is 279 g/mol. The molecule has 5 nitrogen and oxygen atoms in total. The van der Waals surface area contributed by atoms with E-state index >= 15 is 0 Å². The first-order valence-corrected chi connectivity index (χ1v) is 6.51. The number of aryl methyl sites for hydroxylation is 1. The number of benzene rings is 1. The molecule has 0 aliphatic carbocycles. The maximum Gasteiger partial charge on any atom is 0.328 e. The number of nitrogens with zero attached hydrogens (tertiary/aromatic N) is 3. The molecule has 0 amide bonds. The predicted molar refractivity (Wildman–Crippen MR) is 74.9 cm³/mol. The molecular weight excluding hydrogens is 264 g/mol.